The van der Waals surface area contributed by atoms with Gasteiger partial charge >= 0.3 is 0 Å². The topological polar surface area (TPSA) is 0 Å². The van der Waals surface area contributed by atoms with E-state index in [1.165, 1.54) is 42.5 Å². The van der Waals surface area contributed by atoms with Crippen molar-refractivity contribution in [3.63, 3.8) is 0 Å². The molecule has 158 valence electrons. The molecule has 0 N–H and O–H groups in total. The van der Waals surface area contributed by atoms with Gasteiger partial charge in [0.05, 0.1) is 5.41 Å². The van der Waals surface area contributed by atoms with E-state index in [2.05, 4.69) is 114 Å². The van der Waals surface area contributed by atoms with Gasteiger partial charge in [-0.2, -0.15) is 0 Å². The third-order valence-electron chi connectivity index (χ3n) is 6.70. The van der Waals surface area contributed by atoms with Crippen LogP contribution < -0.4 is 0 Å². The Morgan fingerprint density at radius 3 is 1.82 bits per heavy atom. The molecule has 0 bridgehead atoms. The molecule has 0 aromatic heterocycles. The molecule has 33 heavy (non-hydrogen) atoms. The van der Waals surface area contributed by atoms with Gasteiger partial charge in [0.25, 0.3) is 0 Å². The molecule has 5 aromatic rings. The zero-order chi connectivity index (χ0) is 22.4. The fourth-order valence-corrected chi connectivity index (χ4v) is 5.74. The molecular formula is C31H20FI. The van der Waals surface area contributed by atoms with Crippen LogP contribution in [0.25, 0.3) is 22.3 Å². The Bertz CT molecular complexity index is 1410. The molecule has 6 rings (SSSR count). The Labute approximate surface area is 206 Å². The highest BCUT2D eigenvalue weighted by atomic mass is 127. The Morgan fingerprint density at radius 1 is 0.515 bits per heavy atom. The Kier molecular flexibility index (Phi) is 4.92. The first-order valence-electron chi connectivity index (χ1n) is 11.0. The Balaban J connectivity index is 1.81. The normalized spacial score (nSPS) is 16.3. The first kappa shape index (κ1) is 20.4. The summed E-state index contributed by atoms with van der Waals surface area (Å²) >= 11 is 2.35. The first-order chi connectivity index (χ1) is 16.2. The van der Waals surface area contributed by atoms with E-state index in [0.717, 1.165) is 5.56 Å². The fourth-order valence-electron chi connectivity index (χ4n) is 5.38. The van der Waals surface area contributed by atoms with Gasteiger partial charge in [-0.1, -0.05) is 97.1 Å². The summed E-state index contributed by atoms with van der Waals surface area (Å²) in [4.78, 5) is 0. The molecule has 1 atom stereocenters. The molecule has 1 aliphatic rings. The summed E-state index contributed by atoms with van der Waals surface area (Å²) in [6, 6.07) is 41.6. The maximum absolute atomic E-state index is 14.1. The minimum absolute atomic E-state index is 0.223. The van der Waals surface area contributed by atoms with Gasteiger partial charge in [0.2, 0.25) is 0 Å². The zero-order valence-electron chi connectivity index (χ0n) is 17.8. The van der Waals surface area contributed by atoms with Crippen LogP contribution >= 0.6 is 22.6 Å². The Hall–Kier alpha value is -3.24. The van der Waals surface area contributed by atoms with Crippen molar-refractivity contribution >= 4 is 22.6 Å². The molecule has 0 nitrogen and oxygen atoms in total. The predicted octanol–water partition coefficient (Wildman–Crippen LogP) is 8.46. The number of benzene rings is 5. The summed E-state index contributed by atoms with van der Waals surface area (Å²) in [5.41, 5.74) is 9.04. The van der Waals surface area contributed by atoms with Crippen molar-refractivity contribution in [2.24, 2.45) is 0 Å². The van der Waals surface area contributed by atoms with Crippen molar-refractivity contribution in [3.8, 4) is 22.3 Å². The van der Waals surface area contributed by atoms with Gasteiger partial charge < -0.3 is 0 Å². The van der Waals surface area contributed by atoms with Crippen LogP contribution in [0.2, 0.25) is 0 Å². The summed E-state index contributed by atoms with van der Waals surface area (Å²) in [5, 5.41) is 0. The number of halogens is 2. The van der Waals surface area contributed by atoms with Crippen LogP contribution in [0.1, 0.15) is 22.3 Å². The monoisotopic (exact) mass is 538 g/mol. The van der Waals surface area contributed by atoms with Crippen LogP contribution in [-0.4, -0.2) is 0 Å². The van der Waals surface area contributed by atoms with Crippen LogP contribution in [0.5, 0.6) is 0 Å². The highest BCUT2D eigenvalue weighted by Gasteiger charge is 2.47. The van der Waals surface area contributed by atoms with E-state index >= 15 is 0 Å². The van der Waals surface area contributed by atoms with E-state index in [1.54, 1.807) is 12.1 Å². The second-order valence-electron chi connectivity index (χ2n) is 8.40. The predicted molar refractivity (Wildman–Crippen MR) is 142 cm³/mol. The molecule has 5 aromatic carbocycles. The van der Waals surface area contributed by atoms with Gasteiger partial charge in [-0.25, -0.2) is 4.39 Å². The van der Waals surface area contributed by atoms with E-state index in [0.29, 0.717) is 0 Å². The van der Waals surface area contributed by atoms with E-state index in [-0.39, 0.29) is 5.82 Å². The third kappa shape index (κ3) is 3.08. The minimum atomic E-state index is -0.545. The van der Waals surface area contributed by atoms with Crippen molar-refractivity contribution < 1.29 is 4.39 Å². The van der Waals surface area contributed by atoms with Crippen LogP contribution in [0.3, 0.4) is 0 Å². The maximum atomic E-state index is 14.1. The molecule has 1 unspecified atom stereocenters. The lowest BCUT2D eigenvalue weighted by molar-refractivity contribution is 0.625. The van der Waals surface area contributed by atoms with Gasteiger partial charge in [0.15, 0.2) is 0 Å². The molecule has 0 amide bonds. The maximum Gasteiger partial charge on any atom is 0.123 e. The lowest BCUT2D eigenvalue weighted by Crippen LogP contribution is -2.29. The van der Waals surface area contributed by atoms with E-state index in [4.69, 9.17) is 0 Å². The molecule has 0 heterocycles. The van der Waals surface area contributed by atoms with Crippen LogP contribution in [0.4, 0.5) is 4.39 Å². The lowest BCUT2D eigenvalue weighted by atomic mass is 9.66. The molecule has 0 spiro atoms. The SMILES string of the molecule is Fc1ccc(C2(c3ccc(I)cc3)c3ccccc3-c3cccc(-c4ccccc4)c32)cc1. The summed E-state index contributed by atoms with van der Waals surface area (Å²) in [5.74, 6) is -0.223. The average Bonchev–Trinajstić information content (AvgIpc) is 3.17. The quantitative estimate of drug-likeness (QED) is 0.198. The zero-order valence-corrected chi connectivity index (χ0v) is 20.0. The second kappa shape index (κ2) is 7.96. The lowest BCUT2D eigenvalue weighted by Gasteiger charge is -2.35. The van der Waals surface area contributed by atoms with Crippen LogP contribution in [-0.2, 0) is 5.41 Å². The summed E-state index contributed by atoms with van der Waals surface area (Å²) < 4.78 is 15.3. The third-order valence-corrected chi connectivity index (χ3v) is 7.42. The number of fused-ring (bicyclic) bond motifs is 3. The van der Waals surface area contributed by atoms with Gasteiger partial charge in [-0.15, -0.1) is 0 Å². The van der Waals surface area contributed by atoms with Crippen molar-refractivity contribution in [2.75, 3.05) is 0 Å². The standard InChI is InChI=1S/C31H20FI/c32-24-17-13-22(14-18-24)31(23-15-19-25(33)20-16-23)29-12-5-4-9-27(29)28-11-6-10-26(30(28)31)21-7-2-1-3-8-21/h1-20H. The molecule has 2 heteroatoms. The number of hydrogen-bond donors (Lipinski definition) is 0. The highest BCUT2D eigenvalue weighted by molar-refractivity contribution is 14.1. The van der Waals surface area contributed by atoms with Gasteiger partial charge in [0.1, 0.15) is 5.82 Å². The molecule has 0 saturated carbocycles. The van der Waals surface area contributed by atoms with E-state index in [1.807, 2.05) is 18.2 Å². The molecular weight excluding hydrogens is 518 g/mol. The summed E-state index contributed by atoms with van der Waals surface area (Å²) in [7, 11) is 0. The number of hydrogen-bond acceptors (Lipinski definition) is 0. The highest BCUT2D eigenvalue weighted by Crippen LogP contribution is 2.58. The van der Waals surface area contributed by atoms with Gasteiger partial charge in [-0.05, 0) is 91.4 Å². The van der Waals surface area contributed by atoms with Crippen molar-refractivity contribution in [3.05, 3.63) is 153 Å². The molecule has 0 saturated heterocycles. The summed E-state index contributed by atoms with van der Waals surface area (Å²) in [6.45, 7) is 0. The number of rotatable bonds is 3. The van der Waals surface area contributed by atoms with E-state index < -0.39 is 5.41 Å². The average molecular weight is 538 g/mol. The fraction of sp³-hybridized carbons (Fsp3) is 0.0323. The van der Waals surface area contributed by atoms with Crippen LogP contribution in [0, 0.1) is 9.39 Å². The molecule has 0 radical (unpaired) electrons. The second-order valence-corrected chi connectivity index (χ2v) is 9.65. The minimum Gasteiger partial charge on any atom is -0.207 e. The molecule has 1 aliphatic carbocycles. The molecule has 0 fully saturated rings. The summed E-state index contributed by atoms with van der Waals surface area (Å²) in [6.07, 6.45) is 0. The largest absolute Gasteiger partial charge is 0.207 e. The Morgan fingerprint density at radius 2 is 1.09 bits per heavy atom. The first-order valence-corrected chi connectivity index (χ1v) is 12.1. The van der Waals surface area contributed by atoms with Crippen molar-refractivity contribution in [2.45, 2.75) is 5.41 Å². The van der Waals surface area contributed by atoms with Crippen LogP contribution in [0.15, 0.2) is 121 Å². The van der Waals surface area contributed by atoms with E-state index in [9.17, 15) is 4.39 Å². The smallest absolute Gasteiger partial charge is 0.123 e. The van der Waals surface area contributed by atoms with Gasteiger partial charge in [0, 0.05) is 3.57 Å². The molecule has 0 aliphatic heterocycles. The van der Waals surface area contributed by atoms with Crippen molar-refractivity contribution in [1.82, 2.24) is 0 Å². The van der Waals surface area contributed by atoms with Gasteiger partial charge in [-0.3, -0.25) is 0 Å². The van der Waals surface area contributed by atoms with Crippen molar-refractivity contribution in [1.29, 1.82) is 0 Å².